The van der Waals surface area contributed by atoms with Gasteiger partial charge in [0.25, 0.3) is 0 Å². The van der Waals surface area contributed by atoms with Gasteiger partial charge in [-0.25, -0.2) is 9.38 Å². The van der Waals surface area contributed by atoms with Gasteiger partial charge < -0.3 is 10.6 Å². The van der Waals surface area contributed by atoms with Crippen molar-refractivity contribution in [3.05, 3.63) is 35.6 Å². The van der Waals surface area contributed by atoms with Gasteiger partial charge in [0.1, 0.15) is 5.82 Å². The van der Waals surface area contributed by atoms with E-state index in [1.54, 1.807) is 12.1 Å². The average molecular weight is 306 g/mol. The van der Waals surface area contributed by atoms with Crippen LogP contribution in [-0.4, -0.2) is 43.1 Å². The summed E-state index contributed by atoms with van der Waals surface area (Å²) >= 11 is 0. The van der Waals surface area contributed by atoms with Gasteiger partial charge in [-0.1, -0.05) is 25.1 Å². The molecule has 1 saturated heterocycles. The van der Waals surface area contributed by atoms with Crippen molar-refractivity contribution in [2.24, 2.45) is 4.99 Å². The van der Waals surface area contributed by atoms with Crippen LogP contribution in [0.4, 0.5) is 4.39 Å². The van der Waals surface area contributed by atoms with Crippen molar-refractivity contribution in [2.45, 2.75) is 39.3 Å². The van der Waals surface area contributed by atoms with E-state index in [2.05, 4.69) is 27.4 Å². The molecule has 0 bridgehead atoms. The van der Waals surface area contributed by atoms with Gasteiger partial charge in [-0.2, -0.15) is 0 Å². The van der Waals surface area contributed by atoms with E-state index in [0.29, 0.717) is 18.2 Å². The maximum Gasteiger partial charge on any atom is 0.191 e. The summed E-state index contributed by atoms with van der Waals surface area (Å²) in [6.07, 6.45) is 2.50. The van der Waals surface area contributed by atoms with Crippen molar-refractivity contribution in [2.75, 3.05) is 26.2 Å². The summed E-state index contributed by atoms with van der Waals surface area (Å²) < 4.78 is 13.6. The third kappa shape index (κ3) is 4.70. The van der Waals surface area contributed by atoms with E-state index < -0.39 is 0 Å². The molecule has 4 nitrogen and oxygen atoms in total. The van der Waals surface area contributed by atoms with Crippen molar-refractivity contribution in [3.63, 3.8) is 0 Å². The summed E-state index contributed by atoms with van der Waals surface area (Å²) in [5.74, 6) is 0.559. The van der Waals surface area contributed by atoms with E-state index in [1.807, 2.05) is 13.0 Å². The first-order valence-electron chi connectivity index (χ1n) is 8.24. The molecule has 1 aliphatic rings. The molecule has 0 spiro atoms. The molecule has 0 aromatic heterocycles. The zero-order chi connectivity index (χ0) is 15.8. The van der Waals surface area contributed by atoms with E-state index in [1.165, 1.54) is 25.5 Å². The van der Waals surface area contributed by atoms with Crippen LogP contribution in [0.1, 0.15) is 32.3 Å². The number of rotatable bonds is 6. The molecule has 122 valence electrons. The summed E-state index contributed by atoms with van der Waals surface area (Å²) in [5.41, 5.74) is 0.621. The smallest absolute Gasteiger partial charge is 0.191 e. The fraction of sp³-hybridized carbons (Fsp3) is 0.588. The first kappa shape index (κ1) is 16.7. The summed E-state index contributed by atoms with van der Waals surface area (Å²) in [4.78, 5) is 6.99. The lowest BCUT2D eigenvalue weighted by molar-refractivity contribution is 0.267. The first-order chi connectivity index (χ1) is 10.7. The second-order valence-electron chi connectivity index (χ2n) is 5.59. The molecule has 0 saturated carbocycles. The van der Waals surface area contributed by atoms with Crippen LogP contribution in [0.25, 0.3) is 0 Å². The Balaban J connectivity index is 1.91. The van der Waals surface area contributed by atoms with E-state index in [9.17, 15) is 4.39 Å². The van der Waals surface area contributed by atoms with E-state index >= 15 is 0 Å². The van der Waals surface area contributed by atoms with Gasteiger partial charge in [0.2, 0.25) is 0 Å². The van der Waals surface area contributed by atoms with Gasteiger partial charge in [0, 0.05) is 24.7 Å². The minimum atomic E-state index is -0.199. The fourth-order valence-electron chi connectivity index (χ4n) is 2.89. The number of halogens is 1. The van der Waals surface area contributed by atoms with Crippen LogP contribution in [-0.2, 0) is 6.54 Å². The molecule has 22 heavy (non-hydrogen) atoms. The zero-order valence-electron chi connectivity index (χ0n) is 13.6. The third-order valence-electron chi connectivity index (χ3n) is 4.12. The third-order valence-corrected chi connectivity index (χ3v) is 4.12. The molecule has 1 aliphatic heterocycles. The SMILES string of the molecule is CCNC(=NCc1ccccc1F)NCC1CCCN1CC. The minimum absolute atomic E-state index is 0.199. The highest BCUT2D eigenvalue weighted by Crippen LogP contribution is 2.15. The van der Waals surface area contributed by atoms with E-state index in [4.69, 9.17) is 0 Å². The maximum absolute atomic E-state index is 13.6. The monoisotopic (exact) mass is 306 g/mol. The second-order valence-corrected chi connectivity index (χ2v) is 5.59. The molecular formula is C17H27FN4. The highest BCUT2D eigenvalue weighted by molar-refractivity contribution is 5.79. The number of likely N-dealkylation sites (N-methyl/N-ethyl adjacent to an activating group) is 1. The predicted molar refractivity (Wildman–Crippen MR) is 89.5 cm³/mol. The number of nitrogens with one attached hydrogen (secondary N) is 2. The van der Waals surface area contributed by atoms with Crippen molar-refractivity contribution in [3.8, 4) is 0 Å². The molecule has 1 heterocycles. The minimum Gasteiger partial charge on any atom is -0.357 e. The van der Waals surface area contributed by atoms with Gasteiger partial charge in [0.05, 0.1) is 6.54 Å². The lowest BCUT2D eigenvalue weighted by atomic mass is 10.2. The van der Waals surface area contributed by atoms with Crippen LogP contribution >= 0.6 is 0 Å². The van der Waals surface area contributed by atoms with E-state index in [-0.39, 0.29) is 5.82 Å². The molecule has 0 aliphatic carbocycles. The van der Waals surface area contributed by atoms with Crippen molar-refractivity contribution in [1.29, 1.82) is 0 Å². The Morgan fingerprint density at radius 3 is 2.86 bits per heavy atom. The molecule has 1 fully saturated rings. The van der Waals surface area contributed by atoms with Crippen LogP contribution < -0.4 is 10.6 Å². The lowest BCUT2D eigenvalue weighted by Gasteiger charge is -2.24. The molecule has 0 amide bonds. The zero-order valence-corrected chi connectivity index (χ0v) is 13.6. The van der Waals surface area contributed by atoms with Crippen LogP contribution in [0, 0.1) is 5.82 Å². The van der Waals surface area contributed by atoms with Gasteiger partial charge in [-0.05, 0) is 38.9 Å². The Morgan fingerprint density at radius 2 is 2.14 bits per heavy atom. The van der Waals surface area contributed by atoms with Crippen LogP contribution in [0.15, 0.2) is 29.3 Å². The molecule has 2 rings (SSSR count). The van der Waals surface area contributed by atoms with Gasteiger partial charge in [0.15, 0.2) is 5.96 Å². The van der Waals surface area contributed by atoms with Crippen molar-refractivity contribution in [1.82, 2.24) is 15.5 Å². The largest absolute Gasteiger partial charge is 0.357 e. The second kappa shape index (κ2) is 8.73. The fourth-order valence-corrected chi connectivity index (χ4v) is 2.89. The average Bonchev–Trinajstić information content (AvgIpc) is 2.99. The topological polar surface area (TPSA) is 39.7 Å². The van der Waals surface area contributed by atoms with Crippen molar-refractivity contribution < 1.29 is 4.39 Å². The molecule has 5 heteroatoms. The number of nitrogens with zero attached hydrogens (tertiary/aromatic N) is 2. The number of aliphatic imine (C=N–C) groups is 1. The Morgan fingerprint density at radius 1 is 1.32 bits per heavy atom. The molecule has 1 aromatic rings. The summed E-state index contributed by atoms with van der Waals surface area (Å²) in [6.45, 7) is 8.55. The highest BCUT2D eigenvalue weighted by Gasteiger charge is 2.22. The molecule has 1 unspecified atom stereocenters. The molecule has 1 aromatic carbocycles. The lowest BCUT2D eigenvalue weighted by Crippen LogP contribution is -2.44. The number of likely N-dealkylation sites (tertiary alicyclic amines) is 1. The van der Waals surface area contributed by atoms with E-state index in [0.717, 1.165) is 25.6 Å². The summed E-state index contributed by atoms with van der Waals surface area (Å²) in [6, 6.07) is 7.36. The quantitative estimate of drug-likeness (QED) is 0.626. The summed E-state index contributed by atoms with van der Waals surface area (Å²) in [5, 5.41) is 6.62. The van der Waals surface area contributed by atoms with Gasteiger partial charge >= 0.3 is 0 Å². The van der Waals surface area contributed by atoms with Crippen LogP contribution in [0.5, 0.6) is 0 Å². The first-order valence-corrected chi connectivity index (χ1v) is 8.24. The maximum atomic E-state index is 13.6. The predicted octanol–water partition coefficient (Wildman–Crippen LogP) is 2.37. The Kier molecular flexibility index (Phi) is 6.65. The van der Waals surface area contributed by atoms with Crippen molar-refractivity contribution >= 4 is 5.96 Å². The van der Waals surface area contributed by atoms with Crippen LogP contribution in [0.3, 0.4) is 0 Å². The van der Waals surface area contributed by atoms with Crippen LogP contribution in [0.2, 0.25) is 0 Å². The Hall–Kier alpha value is -1.62. The molecule has 1 atom stereocenters. The summed E-state index contributed by atoms with van der Waals surface area (Å²) in [7, 11) is 0. The number of benzene rings is 1. The molecule has 0 radical (unpaired) electrons. The number of guanidine groups is 1. The Labute approximate surface area is 132 Å². The number of hydrogen-bond donors (Lipinski definition) is 2. The standard InChI is InChI=1S/C17H27FN4/c1-3-19-17(20-12-14-8-5-6-10-16(14)18)21-13-15-9-7-11-22(15)4-2/h5-6,8,10,15H,3-4,7,9,11-13H2,1-2H3,(H2,19,20,21). The highest BCUT2D eigenvalue weighted by atomic mass is 19.1. The van der Waals surface area contributed by atoms with Gasteiger partial charge in [-0.15, -0.1) is 0 Å². The van der Waals surface area contributed by atoms with Gasteiger partial charge in [-0.3, -0.25) is 4.90 Å². The molecular weight excluding hydrogens is 279 g/mol. The Bertz CT molecular complexity index is 489. The normalized spacial score (nSPS) is 19.4. The molecule has 2 N–H and O–H groups in total. The number of hydrogen-bond acceptors (Lipinski definition) is 2.